The van der Waals surface area contributed by atoms with Crippen LogP contribution in [0, 0.1) is 0 Å². The molecule has 1 aliphatic heterocycles. The minimum Gasteiger partial charge on any atom is -0.456 e. The van der Waals surface area contributed by atoms with E-state index in [9.17, 15) is 0 Å². The van der Waals surface area contributed by atoms with Gasteiger partial charge in [-0.05, 0) is 119 Å². The highest BCUT2D eigenvalue weighted by molar-refractivity contribution is 7.09. The molecule has 6 heteroatoms. The highest BCUT2D eigenvalue weighted by atomic mass is 32.1. The first-order chi connectivity index (χ1) is 29.0. The van der Waals surface area contributed by atoms with Gasteiger partial charge in [0, 0.05) is 49.5 Å². The molecule has 1 aliphatic rings. The van der Waals surface area contributed by atoms with E-state index in [1.807, 2.05) is 12.1 Å². The Bertz CT molecular complexity index is 3390. The molecule has 0 unspecified atom stereocenters. The van der Waals surface area contributed by atoms with Crippen LogP contribution in [0.4, 0.5) is 17.1 Å². The van der Waals surface area contributed by atoms with Crippen molar-refractivity contribution in [2.45, 2.75) is 19.3 Å². The van der Waals surface area contributed by atoms with Crippen molar-refractivity contribution < 1.29 is 4.42 Å². The van der Waals surface area contributed by atoms with E-state index in [1.54, 1.807) is 0 Å². The number of furan rings is 1. The van der Waals surface area contributed by atoms with Crippen molar-refractivity contribution in [2.24, 2.45) is 0 Å². The zero-order valence-electron chi connectivity index (χ0n) is 32.4. The Hall–Kier alpha value is -7.28. The first-order valence-corrected chi connectivity index (χ1v) is 20.8. The summed E-state index contributed by atoms with van der Waals surface area (Å²) in [5, 5.41) is 5.60. The van der Waals surface area contributed by atoms with Crippen molar-refractivity contribution in [2.75, 3.05) is 4.90 Å². The summed E-state index contributed by atoms with van der Waals surface area (Å²) >= 11 is 1.44. The quantitative estimate of drug-likeness (QED) is 0.175. The normalized spacial score (nSPS) is 13.4. The summed E-state index contributed by atoms with van der Waals surface area (Å²) in [7, 11) is 0. The first-order valence-electron chi connectivity index (χ1n) is 20.0. The largest absolute Gasteiger partial charge is 0.456 e. The van der Waals surface area contributed by atoms with E-state index in [1.165, 1.54) is 50.3 Å². The van der Waals surface area contributed by atoms with Crippen LogP contribution in [-0.2, 0) is 5.41 Å². The van der Waals surface area contributed by atoms with Gasteiger partial charge in [0.1, 0.15) is 16.2 Å². The maximum absolute atomic E-state index is 6.24. The SMILES string of the molecule is CC1(C)c2ccccc2N(c2cccc(-c3nsc(-c4ccc(-n5c6ccccc6c6cc(-c7ccc8c(c7)oc7ccccc78)ccc65)cc4)n3)c2)c2ccccc21. The molecule has 0 atom stereocenters. The van der Waals surface area contributed by atoms with Gasteiger partial charge in [-0.3, -0.25) is 0 Å². The lowest BCUT2D eigenvalue weighted by Gasteiger charge is -2.42. The molecule has 280 valence electrons. The molecule has 0 aliphatic carbocycles. The number of para-hydroxylation sites is 4. The lowest BCUT2D eigenvalue weighted by Crippen LogP contribution is -2.30. The van der Waals surface area contributed by atoms with E-state index < -0.39 is 0 Å². The van der Waals surface area contributed by atoms with Crippen LogP contribution >= 0.6 is 11.5 Å². The second-order valence-electron chi connectivity index (χ2n) is 15.9. The Balaban J connectivity index is 0.872. The van der Waals surface area contributed by atoms with E-state index in [0.717, 1.165) is 71.9 Å². The van der Waals surface area contributed by atoms with E-state index in [-0.39, 0.29) is 5.41 Å². The number of aromatic nitrogens is 3. The van der Waals surface area contributed by atoms with E-state index >= 15 is 0 Å². The Labute approximate surface area is 345 Å². The summed E-state index contributed by atoms with van der Waals surface area (Å²) in [6, 6.07) is 65.0. The van der Waals surface area contributed by atoms with Crippen LogP contribution in [0.25, 0.3) is 82.5 Å². The number of hydrogen-bond donors (Lipinski definition) is 0. The molecule has 5 nitrogen and oxygen atoms in total. The fourth-order valence-corrected chi connectivity index (χ4v) is 9.97. The van der Waals surface area contributed by atoms with Crippen LogP contribution in [0.1, 0.15) is 25.0 Å². The molecule has 4 heterocycles. The average molecular weight is 777 g/mol. The molecule has 0 spiro atoms. The lowest BCUT2D eigenvalue weighted by atomic mass is 9.73. The predicted molar refractivity (Wildman–Crippen MR) is 245 cm³/mol. The van der Waals surface area contributed by atoms with Crippen LogP contribution in [0.5, 0.6) is 0 Å². The standard InChI is InChI=1S/C53H36N4OS/c1-53(2)43-16-5-8-19-47(43)57(48-20-9-6-17-44(48)53)38-13-11-12-36(30-38)51-54-52(59-55-51)33-22-26-37(27-23-33)56-45-18-7-3-14-39(45)42-31-34(25-29-46(42)56)35-24-28-41-40-15-4-10-21-49(40)58-50(41)32-35/h3-32H,1-2H3. The summed E-state index contributed by atoms with van der Waals surface area (Å²) in [6.45, 7) is 4.63. The molecule has 0 saturated carbocycles. The third kappa shape index (κ3) is 5.23. The summed E-state index contributed by atoms with van der Waals surface area (Å²) in [5.74, 6) is 0.729. The molecule has 59 heavy (non-hydrogen) atoms. The molecular weight excluding hydrogens is 741 g/mol. The monoisotopic (exact) mass is 776 g/mol. The van der Waals surface area contributed by atoms with Crippen molar-refractivity contribution >= 4 is 72.3 Å². The highest BCUT2D eigenvalue weighted by Crippen LogP contribution is 2.52. The minimum absolute atomic E-state index is 0.111. The van der Waals surface area contributed by atoms with Gasteiger partial charge in [-0.2, -0.15) is 4.37 Å². The second-order valence-corrected chi connectivity index (χ2v) is 16.7. The molecule has 0 radical (unpaired) electrons. The molecule has 0 amide bonds. The zero-order chi connectivity index (χ0) is 39.2. The van der Waals surface area contributed by atoms with Crippen molar-refractivity contribution in [3.05, 3.63) is 193 Å². The van der Waals surface area contributed by atoms with Crippen LogP contribution in [-0.4, -0.2) is 13.9 Å². The second kappa shape index (κ2) is 12.9. The van der Waals surface area contributed by atoms with Gasteiger partial charge in [0.05, 0.1) is 22.4 Å². The van der Waals surface area contributed by atoms with Gasteiger partial charge in [0.15, 0.2) is 5.82 Å². The summed E-state index contributed by atoms with van der Waals surface area (Å²) < 4.78 is 13.5. The van der Waals surface area contributed by atoms with Gasteiger partial charge in [-0.25, -0.2) is 4.98 Å². The fraction of sp³-hybridized carbons (Fsp3) is 0.0566. The number of benzene rings is 8. The third-order valence-electron chi connectivity index (χ3n) is 12.2. The lowest BCUT2D eigenvalue weighted by molar-refractivity contribution is 0.632. The molecular formula is C53H36N4OS. The van der Waals surface area contributed by atoms with E-state index in [4.69, 9.17) is 13.8 Å². The Morgan fingerprint density at radius 3 is 1.93 bits per heavy atom. The molecule has 0 N–H and O–H groups in total. The number of fused-ring (bicyclic) bond motifs is 8. The van der Waals surface area contributed by atoms with Crippen molar-refractivity contribution in [3.8, 4) is 38.8 Å². The van der Waals surface area contributed by atoms with Crippen LogP contribution in [0.2, 0.25) is 0 Å². The highest BCUT2D eigenvalue weighted by Gasteiger charge is 2.36. The minimum atomic E-state index is -0.111. The maximum Gasteiger partial charge on any atom is 0.173 e. The molecule has 3 aromatic heterocycles. The molecule has 0 saturated heterocycles. The van der Waals surface area contributed by atoms with Crippen molar-refractivity contribution in [1.82, 2.24) is 13.9 Å². The van der Waals surface area contributed by atoms with Gasteiger partial charge in [0.25, 0.3) is 0 Å². The number of anilines is 3. The van der Waals surface area contributed by atoms with Gasteiger partial charge in [-0.1, -0.05) is 111 Å². The van der Waals surface area contributed by atoms with Crippen LogP contribution < -0.4 is 4.90 Å². The fourth-order valence-electron chi connectivity index (χ4n) is 9.28. The van der Waals surface area contributed by atoms with E-state index in [2.05, 4.69) is 193 Å². The summed E-state index contributed by atoms with van der Waals surface area (Å²) in [6.07, 6.45) is 0. The van der Waals surface area contributed by atoms with Crippen LogP contribution in [0.15, 0.2) is 186 Å². The van der Waals surface area contributed by atoms with Gasteiger partial charge in [-0.15, -0.1) is 0 Å². The van der Waals surface area contributed by atoms with Crippen molar-refractivity contribution in [3.63, 3.8) is 0 Å². The molecule has 0 bridgehead atoms. The summed E-state index contributed by atoms with van der Waals surface area (Å²) in [5.41, 5.74) is 15.6. The third-order valence-corrected chi connectivity index (χ3v) is 12.9. The molecule has 8 aromatic carbocycles. The Morgan fingerprint density at radius 2 is 1.12 bits per heavy atom. The van der Waals surface area contributed by atoms with Gasteiger partial charge in [0.2, 0.25) is 0 Å². The van der Waals surface area contributed by atoms with Crippen LogP contribution in [0.3, 0.4) is 0 Å². The predicted octanol–water partition coefficient (Wildman–Crippen LogP) is 14.6. The Kier molecular flexibility index (Phi) is 7.38. The van der Waals surface area contributed by atoms with Gasteiger partial charge >= 0.3 is 0 Å². The molecule has 12 rings (SSSR count). The number of rotatable bonds is 5. The average Bonchev–Trinajstić information content (AvgIpc) is 4.01. The van der Waals surface area contributed by atoms with Gasteiger partial charge < -0.3 is 13.9 Å². The molecule has 0 fully saturated rings. The van der Waals surface area contributed by atoms with Crippen molar-refractivity contribution in [1.29, 1.82) is 0 Å². The zero-order valence-corrected chi connectivity index (χ0v) is 33.2. The Morgan fingerprint density at radius 1 is 0.475 bits per heavy atom. The smallest absolute Gasteiger partial charge is 0.173 e. The summed E-state index contributed by atoms with van der Waals surface area (Å²) in [4.78, 5) is 7.46. The number of hydrogen-bond acceptors (Lipinski definition) is 5. The number of nitrogens with zero attached hydrogens (tertiary/aromatic N) is 4. The van der Waals surface area contributed by atoms with E-state index in [0.29, 0.717) is 0 Å². The topological polar surface area (TPSA) is 47.1 Å². The maximum atomic E-state index is 6.24. The molecule has 11 aromatic rings. The first kappa shape index (κ1) is 33.8.